The summed E-state index contributed by atoms with van der Waals surface area (Å²) >= 11 is 1.46. The standard InChI is InChI=1S/C16H25NO3S/c1-3-20-11-7-10-17-16(19)13(2)21-12-15(18)14-8-5-4-6-9-14/h4-6,8-9,13,15,18H,3,7,10-12H2,1-2H3,(H,17,19). The van der Waals surface area contributed by atoms with Crippen LogP contribution < -0.4 is 5.32 Å². The van der Waals surface area contributed by atoms with Crippen molar-refractivity contribution in [2.24, 2.45) is 0 Å². The second kappa shape index (κ2) is 10.7. The third-order valence-electron chi connectivity index (χ3n) is 3.03. The van der Waals surface area contributed by atoms with Gasteiger partial charge in [-0.15, -0.1) is 11.8 Å². The number of ether oxygens (including phenoxy) is 1. The molecular formula is C16H25NO3S. The van der Waals surface area contributed by atoms with Gasteiger partial charge in [0, 0.05) is 25.5 Å². The van der Waals surface area contributed by atoms with Crippen molar-refractivity contribution in [3.05, 3.63) is 35.9 Å². The molecule has 4 nitrogen and oxygen atoms in total. The van der Waals surface area contributed by atoms with Crippen molar-refractivity contribution in [1.29, 1.82) is 0 Å². The van der Waals surface area contributed by atoms with E-state index in [0.29, 0.717) is 25.5 Å². The molecule has 1 amide bonds. The Morgan fingerprint density at radius 3 is 2.76 bits per heavy atom. The minimum Gasteiger partial charge on any atom is -0.388 e. The summed E-state index contributed by atoms with van der Waals surface area (Å²) in [5, 5.41) is 12.8. The van der Waals surface area contributed by atoms with Crippen molar-refractivity contribution in [2.75, 3.05) is 25.5 Å². The average Bonchev–Trinajstić information content (AvgIpc) is 2.52. The van der Waals surface area contributed by atoms with Crippen molar-refractivity contribution in [3.63, 3.8) is 0 Å². The maximum atomic E-state index is 11.9. The lowest BCUT2D eigenvalue weighted by Gasteiger charge is -2.15. The Hall–Kier alpha value is -1.04. The molecule has 2 atom stereocenters. The first-order valence-corrected chi connectivity index (χ1v) is 8.40. The number of aliphatic hydroxyl groups is 1. The van der Waals surface area contributed by atoms with Crippen LogP contribution in [0, 0.1) is 0 Å². The molecule has 0 aromatic heterocycles. The number of carbonyl (C=O) groups excluding carboxylic acids is 1. The molecule has 2 N–H and O–H groups in total. The van der Waals surface area contributed by atoms with Gasteiger partial charge in [-0.3, -0.25) is 4.79 Å². The number of benzene rings is 1. The Morgan fingerprint density at radius 1 is 1.38 bits per heavy atom. The van der Waals surface area contributed by atoms with Gasteiger partial charge >= 0.3 is 0 Å². The smallest absolute Gasteiger partial charge is 0.232 e. The lowest BCUT2D eigenvalue weighted by molar-refractivity contribution is -0.120. The van der Waals surface area contributed by atoms with Crippen LogP contribution >= 0.6 is 11.8 Å². The molecule has 0 aliphatic carbocycles. The molecule has 2 unspecified atom stereocenters. The summed E-state index contributed by atoms with van der Waals surface area (Å²) in [6, 6.07) is 9.50. The number of nitrogens with one attached hydrogen (secondary N) is 1. The second-order valence-electron chi connectivity index (χ2n) is 4.74. The fourth-order valence-electron chi connectivity index (χ4n) is 1.76. The number of thioether (sulfide) groups is 1. The molecule has 1 rings (SSSR count). The van der Waals surface area contributed by atoms with Crippen LogP contribution in [0.15, 0.2) is 30.3 Å². The zero-order valence-electron chi connectivity index (χ0n) is 12.7. The summed E-state index contributed by atoms with van der Waals surface area (Å²) in [6.45, 7) is 5.82. The van der Waals surface area contributed by atoms with Crippen LogP contribution in [0.1, 0.15) is 31.9 Å². The largest absolute Gasteiger partial charge is 0.388 e. The molecule has 0 aliphatic rings. The van der Waals surface area contributed by atoms with Crippen LogP contribution in [0.5, 0.6) is 0 Å². The molecule has 0 saturated carbocycles. The van der Waals surface area contributed by atoms with Crippen molar-refractivity contribution in [1.82, 2.24) is 5.32 Å². The van der Waals surface area contributed by atoms with Crippen molar-refractivity contribution in [3.8, 4) is 0 Å². The Labute approximate surface area is 131 Å². The highest BCUT2D eigenvalue weighted by atomic mass is 32.2. The fraction of sp³-hybridized carbons (Fsp3) is 0.562. The third-order valence-corrected chi connectivity index (χ3v) is 4.25. The monoisotopic (exact) mass is 311 g/mol. The number of aliphatic hydroxyl groups excluding tert-OH is 1. The van der Waals surface area contributed by atoms with Gasteiger partial charge in [-0.1, -0.05) is 30.3 Å². The van der Waals surface area contributed by atoms with Gasteiger partial charge in [-0.25, -0.2) is 0 Å². The number of amides is 1. The maximum absolute atomic E-state index is 11.9. The van der Waals surface area contributed by atoms with Gasteiger partial charge in [0.05, 0.1) is 11.4 Å². The van der Waals surface area contributed by atoms with Crippen LogP contribution in [0.25, 0.3) is 0 Å². The highest BCUT2D eigenvalue weighted by Crippen LogP contribution is 2.21. The molecule has 5 heteroatoms. The second-order valence-corrected chi connectivity index (χ2v) is 6.12. The van der Waals surface area contributed by atoms with Crippen LogP contribution in [-0.4, -0.2) is 41.8 Å². The number of rotatable bonds is 10. The fourth-order valence-corrected chi connectivity index (χ4v) is 2.65. The minimum atomic E-state index is -0.538. The first-order valence-electron chi connectivity index (χ1n) is 7.35. The molecule has 0 fully saturated rings. The van der Waals surface area contributed by atoms with E-state index < -0.39 is 6.10 Å². The molecule has 0 heterocycles. The van der Waals surface area contributed by atoms with Gasteiger partial charge in [-0.05, 0) is 25.8 Å². The predicted octanol–water partition coefficient (Wildman–Crippen LogP) is 2.38. The van der Waals surface area contributed by atoms with Gasteiger partial charge in [0.1, 0.15) is 0 Å². The predicted molar refractivity (Wildman–Crippen MR) is 87.4 cm³/mol. The number of carbonyl (C=O) groups is 1. The number of hydrogen-bond donors (Lipinski definition) is 2. The zero-order valence-corrected chi connectivity index (χ0v) is 13.6. The number of hydrogen-bond acceptors (Lipinski definition) is 4. The van der Waals surface area contributed by atoms with Crippen molar-refractivity contribution < 1.29 is 14.6 Å². The van der Waals surface area contributed by atoms with Gasteiger partial charge in [0.2, 0.25) is 5.91 Å². The minimum absolute atomic E-state index is 0.0109. The van der Waals surface area contributed by atoms with E-state index in [0.717, 1.165) is 12.0 Å². The lowest BCUT2D eigenvalue weighted by Crippen LogP contribution is -2.32. The SMILES string of the molecule is CCOCCCNC(=O)C(C)SCC(O)c1ccccc1. The maximum Gasteiger partial charge on any atom is 0.232 e. The van der Waals surface area contributed by atoms with Gasteiger partial charge in [0.15, 0.2) is 0 Å². The van der Waals surface area contributed by atoms with Gasteiger partial charge in [-0.2, -0.15) is 0 Å². The van der Waals surface area contributed by atoms with E-state index in [1.54, 1.807) is 0 Å². The van der Waals surface area contributed by atoms with Crippen LogP contribution in [0.4, 0.5) is 0 Å². The quantitative estimate of drug-likeness (QED) is 0.651. The average molecular weight is 311 g/mol. The molecule has 1 aromatic rings. The Bertz CT molecular complexity index is 400. The molecule has 21 heavy (non-hydrogen) atoms. The molecule has 0 spiro atoms. The van der Waals surface area contributed by atoms with Crippen LogP contribution in [0.3, 0.4) is 0 Å². The van der Waals surface area contributed by atoms with E-state index in [4.69, 9.17) is 4.74 Å². The van der Waals surface area contributed by atoms with E-state index in [1.165, 1.54) is 11.8 Å². The lowest BCUT2D eigenvalue weighted by atomic mass is 10.1. The van der Waals surface area contributed by atoms with Gasteiger partial charge < -0.3 is 15.2 Å². The Kier molecular flexibility index (Phi) is 9.14. The first-order chi connectivity index (χ1) is 10.1. The van der Waals surface area contributed by atoms with E-state index >= 15 is 0 Å². The Morgan fingerprint density at radius 2 is 2.10 bits per heavy atom. The van der Waals surface area contributed by atoms with E-state index in [-0.39, 0.29) is 11.2 Å². The summed E-state index contributed by atoms with van der Waals surface area (Å²) < 4.78 is 5.21. The summed E-state index contributed by atoms with van der Waals surface area (Å²) in [5.41, 5.74) is 0.884. The van der Waals surface area contributed by atoms with Gasteiger partial charge in [0.25, 0.3) is 0 Å². The zero-order chi connectivity index (χ0) is 15.5. The topological polar surface area (TPSA) is 58.6 Å². The molecular weight excluding hydrogens is 286 g/mol. The summed E-state index contributed by atoms with van der Waals surface area (Å²) in [4.78, 5) is 11.9. The highest BCUT2D eigenvalue weighted by Gasteiger charge is 2.15. The third kappa shape index (κ3) is 7.50. The molecule has 1 aromatic carbocycles. The van der Waals surface area contributed by atoms with Crippen LogP contribution in [0.2, 0.25) is 0 Å². The highest BCUT2D eigenvalue weighted by molar-refractivity contribution is 8.00. The van der Waals surface area contributed by atoms with E-state index in [1.807, 2.05) is 44.2 Å². The first kappa shape index (κ1) is 18.0. The Balaban J connectivity index is 2.20. The normalized spacial score (nSPS) is 13.7. The van der Waals surface area contributed by atoms with Crippen molar-refractivity contribution in [2.45, 2.75) is 31.6 Å². The van der Waals surface area contributed by atoms with Crippen LogP contribution in [-0.2, 0) is 9.53 Å². The summed E-state index contributed by atoms with van der Waals surface area (Å²) in [5.74, 6) is 0.522. The molecule has 0 bridgehead atoms. The molecule has 118 valence electrons. The van der Waals surface area contributed by atoms with E-state index in [2.05, 4.69) is 5.32 Å². The van der Waals surface area contributed by atoms with E-state index in [9.17, 15) is 9.90 Å². The molecule has 0 saturated heterocycles. The molecule has 0 radical (unpaired) electrons. The molecule has 0 aliphatic heterocycles. The summed E-state index contributed by atoms with van der Waals surface area (Å²) in [6.07, 6.45) is 0.285. The summed E-state index contributed by atoms with van der Waals surface area (Å²) in [7, 11) is 0. The van der Waals surface area contributed by atoms with Crippen molar-refractivity contribution >= 4 is 17.7 Å².